The number of hydrogen-bond acceptors (Lipinski definition) is 4. The Bertz CT molecular complexity index is 484. The summed E-state index contributed by atoms with van der Waals surface area (Å²) in [6.45, 7) is 8.07. The maximum atomic E-state index is 9.18. The third-order valence-corrected chi connectivity index (χ3v) is 3.57. The Morgan fingerprint density at radius 1 is 1.56 bits per heavy atom. The van der Waals surface area contributed by atoms with E-state index in [1.165, 1.54) is 0 Å². The van der Waals surface area contributed by atoms with Crippen molar-refractivity contribution in [3.8, 4) is 11.9 Å². The van der Waals surface area contributed by atoms with Gasteiger partial charge in [0.1, 0.15) is 17.7 Å². The molecule has 0 amide bonds. The largest absolute Gasteiger partial charge is 0.473 e. The Morgan fingerprint density at radius 3 is 2.89 bits per heavy atom. The Kier molecular flexibility index (Phi) is 3.31. The number of ether oxygens (including phenoxy) is 1. The minimum atomic E-state index is 0.0587. The molecule has 0 bridgehead atoms. The van der Waals surface area contributed by atoms with Crippen molar-refractivity contribution < 1.29 is 4.74 Å². The van der Waals surface area contributed by atoms with Crippen molar-refractivity contribution in [2.45, 2.75) is 33.3 Å². The molecule has 0 aliphatic carbocycles. The van der Waals surface area contributed by atoms with Gasteiger partial charge in [0, 0.05) is 19.0 Å². The van der Waals surface area contributed by atoms with Crippen LogP contribution in [0.2, 0.25) is 0 Å². The molecular formula is C13H20N4O. The van der Waals surface area contributed by atoms with E-state index >= 15 is 0 Å². The van der Waals surface area contributed by atoms with Gasteiger partial charge in [-0.1, -0.05) is 13.8 Å². The van der Waals surface area contributed by atoms with Crippen molar-refractivity contribution in [2.75, 3.05) is 13.1 Å². The zero-order valence-corrected chi connectivity index (χ0v) is 11.4. The highest BCUT2D eigenvalue weighted by molar-refractivity contribution is 5.42. The van der Waals surface area contributed by atoms with E-state index in [1.54, 1.807) is 4.68 Å². The van der Waals surface area contributed by atoms with Gasteiger partial charge < -0.3 is 10.1 Å². The first-order chi connectivity index (χ1) is 8.45. The number of nitrogens with one attached hydrogen (secondary N) is 1. The molecule has 18 heavy (non-hydrogen) atoms. The van der Waals surface area contributed by atoms with Gasteiger partial charge in [0.15, 0.2) is 0 Å². The van der Waals surface area contributed by atoms with Crippen molar-refractivity contribution in [3.05, 3.63) is 11.3 Å². The van der Waals surface area contributed by atoms with Gasteiger partial charge in [-0.25, -0.2) is 4.68 Å². The summed E-state index contributed by atoms with van der Waals surface area (Å²) in [4.78, 5) is 0. The maximum absolute atomic E-state index is 9.18. The van der Waals surface area contributed by atoms with Crippen LogP contribution in [0.25, 0.3) is 0 Å². The monoisotopic (exact) mass is 248 g/mol. The molecule has 1 saturated heterocycles. The predicted octanol–water partition coefficient (Wildman–Crippen LogP) is 1.37. The summed E-state index contributed by atoms with van der Waals surface area (Å²) in [5, 5.41) is 16.8. The lowest BCUT2D eigenvalue weighted by Gasteiger charge is -2.38. The first-order valence-corrected chi connectivity index (χ1v) is 6.27. The standard InChI is InChI=1S/C13H20N4O/c1-9-10(7-14)12(17(4)16-9)18-11-5-6-15-8-13(11,2)3/h11,15H,5-6,8H2,1-4H3. The summed E-state index contributed by atoms with van der Waals surface area (Å²) in [7, 11) is 1.82. The topological polar surface area (TPSA) is 62.9 Å². The van der Waals surface area contributed by atoms with Crippen LogP contribution in [0, 0.1) is 23.7 Å². The molecule has 0 spiro atoms. The SMILES string of the molecule is Cc1nn(C)c(OC2CCNCC2(C)C)c1C#N. The second-order valence-electron chi connectivity index (χ2n) is 5.56. The average Bonchev–Trinajstić information content (AvgIpc) is 2.56. The molecule has 1 aliphatic heterocycles. The molecule has 5 heteroatoms. The number of rotatable bonds is 2. The molecule has 0 saturated carbocycles. The minimum absolute atomic E-state index is 0.0587. The fourth-order valence-electron chi connectivity index (χ4n) is 2.40. The quantitative estimate of drug-likeness (QED) is 0.858. The predicted molar refractivity (Wildman–Crippen MR) is 68.3 cm³/mol. The summed E-state index contributed by atoms with van der Waals surface area (Å²) in [6, 6.07) is 2.18. The summed E-state index contributed by atoms with van der Waals surface area (Å²) < 4.78 is 7.74. The smallest absolute Gasteiger partial charge is 0.230 e. The van der Waals surface area contributed by atoms with E-state index in [0.29, 0.717) is 11.4 Å². The molecule has 5 nitrogen and oxygen atoms in total. The fourth-order valence-corrected chi connectivity index (χ4v) is 2.40. The van der Waals surface area contributed by atoms with Gasteiger partial charge in [-0.3, -0.25) is 0 Å². The van der Waals surface area contributed by atoms with Crippen LogP contribution in [0.1, 0.15) is 31.5 Å². The third-order valence-electron chi connectivity index (χ3n) is 3.57. The van der Waals surface area contributed by atoms with Gasteiger partial charge in [0.2, 0.25) is 5.88 Å². The van der Waals surface area contributed by atoms with Gasteiger partial charge in [-0.2, -0.15) is 10.4 Å². The molecule has 1 aromatic rings. The zero-order valence-electron chi connectivity index (χ0n) is 11.4. The molecule has 0 aromatic carbocycles. The van der Waals surface area contributed by atoms with Crippen LogP contribution in [-0.4, -0.2) is 29.0 Å². The molecule has 1 aromatic heterocycles. The lowest BCUT2D eigenvalue weighted by atomic mass is 9.82. The van der Waals surface area contributed by atoms with E-state index in [2.05, 4.69) is 30.3 Å². The maximum Gasteiger partial charge on any atom is 0.230 e. The lowest BCUT2D eigenvalue weighted by Crippen LogP contribution is -2.49. The van der Waals surface area contributed by atoms with Crippen molar-refractivity contribution in [1.29, 1.82) is 5.26 Å². The molecule has 98 valence electrons. The van der Waals surface area contributed by atoms with Crippen LogP contribution >= 0.6 is 0 Å². The molecule has 1 aliphatic rings. The molecule has 1 fully saturated rings. The van der Waals surface area contributed by atoms with Gasteiger partial charge in [0.05, 0.1) is 5.69 Å². The number of aryl methyl sites for hydroxylation is 2. The Labute approximate surface area is 108 Å². The molecule has 1 atom stereocenters. The molecule has 2 heterocycles. The Balaban J connectivity index is 2.26. The Hall–Kier alpha value is -1.54. The van der Waals surface area contributed by atoms with Crippen molar-refractivity contribution in [1.82, 2.24) is 15.1 Å². The summed E-state index contributed by atoms with van der Waals surface area (Å²) >= 11 is 0. The lowest BCUT2D eigenvalue weighted by molar-refractivity contribution is 0.0380. The van der Waals surface area contributed by atoms with Crippen LogP contribution in [0.4, 0.5) is 0 Å². The fraction of sp³-hybridized carbons (Fsp3) is 0.692. The number of piperidine rings is 1. The summed E-state index contributed by atoms with van der Waals surface area (Å²) in [5.41, 5.74) is 1.33. The van der Waals surface area contributed by atoms with Gasteiger partial charge >= 0.3 is 0 Å². The Morgan fingerprint density at radius 2 is 2.28 bits per heavy atom. The normalized spacial score (nSPS) is 22.5. The third kappa shape index (κ3) is 2.21. The van der Waals surface area contributed by atoms with E-state index in [0.717, 1.165) is 25.2 Å². The van der Waals surface area contributed by atoms with E-state index < -0.39 is 0 Å². The zero-order chi connectivity index (χ0) is 13.3. The molecular weight excluding hydrogens is 228 g/mol. The van der Waals surface area contributed by atoms with Crippen LogP contribution in [0.15, 0.2) is 0 Å². The molecule has 1 unspecified atom stereocenters. The number of aromatic nitrogens is 2. The summed E-state index contributed by atoms with van der Waals surface area (Å²) in [6.07, 6.45) is 1.06. The van der Waals surface area contributed by atoms with Crippen LogP contribution in [0.3, 0.4) is 0 Å². The van der Waals surface area contributed by atoms with Gasteiger partial charge in [0.25, 0.3) is 0 Å². The summed E-state index contributed by atoms with van der Waals surface area (Å²) in [5.74, 6) is 0.593. The van der Waals surface area contributed by atoms with Crippen LogP contribution in [-0.2, 0) is 7.05 Å². The molecule has 1 N–H and O–H groups in total. The van der Waals surface area contributed by atoms with Crippen molar-refractivity contribution in [2.24, 2.45) is 12.5 Å². The second kappa shape index (κ2) is 4.62. The molecule has 0 radical (unpaired) electrons. The van der Waals surface area contributed by atoms with E-state index in [1.807, 2.05) is 14.0 Å². The van der Waals surface area contributed by atoms with Gasteiger partial charge in [-0.05, 0) is 19.9 Å². The second-order valence-corrected chi connectivity index (χ2v) is 5.56. The van der Waals surface area contributed by atoms with Gasteiger partial charge in [-0.15, -0.1) is 0 Å². The first-order valence-electron chi connectivity index (χ1n) is 6.27. The molecule has 2 rings (SSSR count). The number of nitrogens with zero attached hydrogens (tertiary/aromatic N) is 3. The minimum Gasteiger partial charge on any atom is -0.473 e. The highest BCUT2D eigenvalue weighted by atomic mass is 16.5. The average molecular weight is 248 g/mol. The van der Waals surface area contributed by atoms with Crippen LogP contribution in [0.5, 0.6) is 5.88 Å². The van der Waals surface area contributed by atoms with Crippen molar-refractivity contribution in [3.63, 3.8) is 0 Å². The van der Waals surface area contributed by atoms with E-state index in [-0.39, 0.29) is 11.5 Å². The van der Waals surface area contributed by atoms with Crippen LogP contribution < -0.4 is 10.1 Å². The van der Waals surface area contributed by atoms with E-state index in [4.69, 9.17) is 4.74 Å². The van der Waals surface area contributed by atoms with E-state index in [9.17, 15) is 5.26 Å². The number of nitriles is 1. The van der Waals surface area contributed by atoms with Crippen molar-refractivity contribution >= 4 is 0 Å². The first kappa shape index (κ1) is 12.9. The highest BCUT2D eigenvalue weighted by Crippen LogP contribution is 2.31. The number of hydrogen-bond donors (Lipinski definition) is 1. The highest BCUT2D eigenvalue weighted by Gasteiger charge is 2.35.